The van der Waals surface area contributed by atoms with E-state index >= 15 is 0 Å². The molecule has 0 aliphatic heterocycles. The largest absolute Gasteiger partial charge is 0.480 e. The third-order valence-electron chi connectivity index (χ3n) is 4.74. The Kier molecular flexibility index (Phi) is 4.88. The summed E-state index contributed by atoms with van der Waals surface area (Å²) in [4.78, 5) is 40.3. The lowest BCUT2D eigenvalue weighted by molar-refractivity contribution is -0.135. The number of pyridine rings is 2. The molecule has 0 unspecified atom stereocenters. The minimum atomic E-state index is -1.17. The highest BCUT2D eigenvalue weighted by Crippen LogP contribution is 2.27. The second kappa shape index (κ2) is 7.11. The first-order valence-corrected chi connectivity index (χ1v) is 8.60. The number of nitrogens with one attached hydrogen (secondary N) is 1. The molecule has 0 radical (unpaired) electrons. The van der Waals surface area contributed by atoms with Gasteiger partial charge in [-0.05, 0) is 55.9 Å². The number of aryl methyl sites for hydroxylation is 2. The number of aliphatic carboxylic acids is 1. The van der Waals surface area contributed by atoms with Crippen molar-refractivity contribution < 1.29 is 14.7 Å². The monoisotopic (exact) mass is 355 g/mol. The maximum Gasteiger partial charge on any atom is 0.322 e. The molecule has 1 aliphatic carbocycles. The van der Waals surface area contributed by atoms with Crippen LogP contribution in [0.25, 0.3) is 16.6 Å². The standard InChI is InChI=1S/C19H21N3O4/c1-11-13-8-9-14(12-6-4-3-5-7-12)21-17(13)22(2)19(26)16(11)18(25)20-10-15(23)24/h6,8-9H,3-5,7,10H2,1-2H3,(H,20,25)(H,23,24). The van der Waals surface area contributed by atoms with Crippen LogP contribution in [-0.4, -0.2) is 33.1 Å². The molecule has 0 fully saturated rings. The van der Waals surface area contributed by atoms with Crippen molar-refractivity contribution in [3.05, 3.63) is 45.4 Å². The Morgan fingerprint density at radius 1 is 1.31 bits per heavy atom. The first-order valence-electron chi connectivity index (χ1n) is 8.60. The molecule has 2 N–H and O–H groups in total. The van der Waals surface area contributed by atoms with Crippen molar-refractivity contribution in [3.8, 4) is 0 Å². The Morgan fingerprint density at radius 3 is 2.73 bits per heavy atom. The van der Waals surface area contributed by atoms with Crippen molar-refractivity contribution in [2.75, 3.05) is 6.54 Å². The van der Waals surface area contributed by atoms with Crippen LogP contribution in [0.4, 0.5) is 0 Å². The van der Waals surface area contributed by atoms with Crippen molar-refractivity contribution in [2.45, 2.75) is 32.6 Å². The van der Waals surface area contributed by atoms with E-state index in [9.17, 15) is 14.4 Å². The van der Waals surface area contributed by atoms with E-state index in [2.05, 4.69) is 16.4 Å². The predicted octanol–water partition coefficient (Wildman–Crippen LogP) is 2.01. The number of aromatic nitrogens is 2. The SMILES string of the molecule is Cc1c(C(=O)NCC(=O)O)c(=O)n(C)c2nc(C3=CCCCC3)ccc12. The van der Waals surface area contributed by atoms with Crippen molar-refractivity contribution in [1.82, 2.24) is 14.9 Å². The molecule has 2 aromatic rings. The molecule has 1 aliphatic rings. The number of carboxylic acid groups (broad SMARTS) is 1. The minimum Gasteiger partial charge on any atom is -0.480 e. The van der Waals surface area contributed by atoms with Gasteiger partial charge in [-0.2, -0.15) is 0 Å². The van der Waals surface area contributed by atoms with Crippen LogP contribution >= 0.6 is 0 Å². The maximum absolute atomic E-state index is 12.7. The van der Waals surface area contributed by atoms with Gasteiger partial charge in [0.25, 0.3) is 11.5 Å². The molecule has 3 rings (SSSR count). The highest BCUT2D eigenvalue weighted by Gasteiger charge is 2.20. The second-order valence-electron chi connectivity index (χ2n) is 6.48. The summed E-state index contributed by atoms with van der Waals surface area (Å²) >= 11 is 0. The van der Waals surface area contributed by atoms with E-state index < -0.39 is 24.0 Å². The highest BCUT2D eigenvalue weighted by atomic mass is 16.4. The maximum atomic E-state index is 12.7. The molecule has 2 heterocycles. The van der Waals surface area contributed by atoms with Crippen molar-refractivity contribution in [3.63, 3.8) is 0 Å². The Hall–Kier alpha value is -2.96. The van der Waals surface area contributed by atoms with Crippen molar-refractivity contribution >= 4 is 28.5 Å². The van der Waals surface area contributed by atoms with Crippen LogP contribution in [0.5, 0.6) is 0 Å². The van der Waals surface area contributed by atoms with Crippen LogP contribution < -0.4 is 10.9 Å². The molecule has 0 aromatic carbocycles. The van der Waals surface area contributed by atoms with Crippen LogP contribution in [-0.2, 0) is 11.8 Å². The number of hydrogen-bond donors (Lipinski definition) is 2. The molecule has 0 spiro atoms. The molecule has 26 heavy (non-hydrogen) atoms. The summed E-state index contributed by atoms with van der Waals surface area (Å²) in [5.41, 5.74) is 2.53. The molecule has 0 saturated heterocycles. The van der Waals surface area contributed by atoms with Gasteiger partial charge in [0.15, 0.2) is 0 Å². The molecule has 0 atom stereocenters. The molecule has 2 aromatic heterocycles. The predicted molar refractivity (Wildman–Crippen MR) is 98.1 cm³/mol. The first-order chi connectivity index (χ1) is 12.4. The van der Waals surface area contributed by atoms with Gasteiger partial charge in [-0.25, -0.2) is 4.98 Å². The quantitative estimate of drug-likeness (QED) is 0.874. The fourth-order valence-electron chi connectivity index (χ4n) is 3.32. The number of allylic oxidation sites excluding steroid dienone is 2. The van der Waals surface area contributed by atoms with E-state index in [1.807, 2.05) is 12.1 Å². The number of carbonyl (C=O) groups is 2. The Balaban J connectivity index is 2.11. The summed E-state index contributed by atoms with van der Waals surface area (Å²) in [6.45, 7) is 1.14. The van der Waals surface area contributed by atoms with Gasteiger partial charge in [0.1, 0.15) is 17.8 Å². The van der Waals surface area contributed by atoms with Gasteiger partial charge in [0, 0.05) is 12.4 Å². The number of carbonyl (C=O) groups excluding carboxylic acids is 1. The first kappa shape index (κ1) is 17.8. The molecule has 7 nitrogen and oxygen atoms in total. The molecular weight excluding hydrogens is 334 g/mol. The van der Waals surface area contributed by atoms with Gasteiger partial charge in [0.05, 0.1) is 5.69 Å². The van der Waals surface area contributed by atoms with E-state index in [0.29, 0.717) is 16.6 Å². The topological polar surface area (TPSA) is 101 Å². The number of amides is 1. The lowest BCUT2D eigenvalue weighted by atomic mass is 9.96. The zero-order valence-electron chi connectivity index (χ0n) is 14.8. The molecule has 7 heteroatoms. The molecule has 1 amide bonds. The molecular formula is C19H21N3O4. The zero-order chi connectivity index (χ0) is 18.8. The Labute approximate surface area is 150 Å². The lowest BCUT2D eigenvalue weighted by Gasteiger charge is -2.15. The van der Waals surface area contributed by atoms with E-state index in [0.717, 1.165) is 25.0 Å². The van der Waals surface area contributed by atoms with Gasteiger partial charge >= 0.3 is 5.97 Å². The van der Waals surface area contributed by atoms with Crippen molar-refractivity contribution in [2.24, 2.45) is 7.05 Å². The number of nitrogens with zero attached hydrogens (tertiary/aromatic N) is 2. The summed E-state index contributed by atoms with van der Waals surface area (Å²) in [5, 5.41) is 11.7. The number of rotatable bonds is 4. The lowest BCUT2D eigenvalue weighted by Crippen LogP contribution is -2.36. The van der Waals surface area contributed by atoms with Crippen LogP contribution in [0, 0.1) is 6.92 Å². The van der Waals surface area contributed by atoms with Gasteiger partial charge < -0.3 is 10.4 Å². The summed E-state index contributed by atoms with van der Waals surface area (Å²) < 4.78 is 1.35. The average Bonchev–Trinajstić information content (AvgIpc) is 2.65. The normalized spacial score (nSPS) is 14.2. The molecule has 136 valence electrons. The van der Waals surface area contributed by atoms with Crippen LogP contribution in [0.3, 0.4) is 0 Å². The van der Waals surface area contributed by atoms with E-state index in [1.54, 1.807) is 14.0 Å². The fraction of sp³-hybridized carbons (Fsp3) is 0.368. The average molecular weight is 355 g/mol. The summed E-state index contributed by atoms with van der Waals surface area (Å²) in [7, 11) is 1.57. The van der Waals surface area contributed by atoms with Gasteiger partial charge in [0.2, 0.25) is 0 Å². The smallest absolute Gasteiger partial charge is 0.322 e. The summed E-state index contributed by atoms with van der Waals surface area (Å²) in [6, 6.07) is 3.78. The summed E-state index contributed by atoms with van der Waals surface area (Å²) in [6.07, 6.45) is 6.52. The number of carboxylic acids is 1. The van der Waals surface area contributed by atoms with Gasteiger partial charge in [-0.1, -0.05) is 6.08 Å². The van der Waals surface area contributed by atoms with Gasteiger partial charge in [-0.3, -0.25) is 19.0 Å². The van der Waals surface area contributed by atoms with Crippen molar-refractivity contribution in [1.29, 1.82) is 0 Å². The second-order valence-corrected chi connectivity index (χ2v) is 6.48. The van der Waals surface area contributed by atoms with Crippen LogP contribution in [0.1, 0.15) is 47.3 Å². The third-order valence-corrected chi connectivity index (χ3v) is 4.74. The van der Waals surface area contributed by atoms with Gasteiger partial charge in [-0.15, -0.1) is 0 Å². The third kappa shape index (κ3) is 3.24. The Morgan fingerprint density at radius 2 is 2.08 bits per heavy atom. The van der Waals surface area contributed by atoms with E-state index in [1.165, 1.54) is 16.6 Å². The Bertz CT molecular complexity index is 988. The minimum absolute atomic E-state index is 0.0484. The number of fused-ring (bicyclic) bond motifs is 1. The van der Waals surface area contributed by atoms with E-state index in [-0.39, 0.29) is 5.56 Å². The summed E-state index contributed by atoms with van der Waals surface area (Å²) in [5.74, 6) is -1.85. The molecule has 0 bridgehead atoms. The fourth-order valence-corrected chi connectivity index (χ4v) is 3.32. The van der Waals surface area contributed by atoms with Crippen LogP contribution in [0.15, 0.2) is 23.0 Å². The van der Waals surface area contributed by atoms with E-state index in [4.69, 9.17) is 5.11 Å². The molecule has 0 saturated carbocycles. The number of hydrogen-bond acceptors (Lipinski definition) is 4. The zero-order valence-corrected chi connectivity index (χ0v) is 14.8. The highest BCUT2D eigenvalue weighted by molar-refractivity contribution is 6.00. The van der Waals surface area contributed by atoms with Crippen LogP contribution in [0.2, 0.25) is 0 Å².